The van der Waals surface area contributed by atoms with Crippen molar-refractivity contribution in [3.8, 4) is 0 Å². The molecule has 1 aromatic carbocycles. The number of primary amides is 1. The molecule has 4 rings (SSSR count). The van der Waals surface area contributed by atoms with Gasteiger partial charge in [-0.1, -0.05) is 12.6 Å². The number of halogens is 1. The number of nitrogens with two attached hydrogens (primary N) is 2. The van der Waals surface area contributed by atoms with E-state index in [1.807, 2.05) is 0 Å². The maximum atomic E-state index is 13.5. The lowest BCUT2D eigenvalue weighted by atomic mass is 9.81. The van der Waals surface area contributed by atoms with Gasteiger partial charge in [0.25, 0.3) is 5.91 Å². The SMILES string of the molecule is C=CC(=O)N1CCC[C@H]1Cn1nc([C@@H]2CCc3cc(F)ccc3C2)c(C(N)=O)c1N. The number of fused-ring (bicyclic) bond motifs is 1. The predicted octanol–water partition coefficient (Wildman–Crippen LogP) is 2.15. The van der Waals surface area contributed by atoms with Gasteiger partial charge < -0.3 is 16.4 Å². The third-order valence-corrected chi connectivity index (χ3v) is 6.27. The van der Waals surface area contributed by atoms with Crippen molar-refractivity contribution in [1.29, 1.82) is 0 Å². The smallest absolute Gasteiger partial charge is 0.254 e. The molecule has 1 fully saturated rings. The van der Waals surface area contributed by atoms with Gasteiger partial charge in [-0.3, -0.25) is 9.59 Å². The first-order valence-electron chi connectivity index (χ1n) is 10.2. The molecule has 1 aliphatic heterocycles. The summed E-state index contributed by atoms with van der Waals surface area (Å²) >= 11 is 0. The standard InChI is InChI=1S/C22H26FN5O2/c1-2-18(29)27-9-3-4-17(27)12-28-21(24)19(22(25)30)20(26-28)15-6-5-14-11-16(23)8-7-13(14)10-15/h2,7-8,11,15,17H,1,3-6,9-10,12,24H2,(H2,25,30)/t15-,17+/m1/s1. The number of benzene rings is 1. The van der Waals surface area contributed by atoms with Gasteiger partial charge in [-0.15, -0.1) is 0 Å². The van der Waals surface area contributed by atoms with Crippen LogP contribution >= 0.6 is 0 Å². The summed E-state index contributed by atoms with van der Waals surface area (Å²) in [5.74, 6) is -0.753. The molecule has 4 N–H and O–H groups in total. The Labute approximate surface area is 174 Å². The zero-order valence-corrected chi connectivity index (χ0v) is 16.8. The molecule has 1 saturated heterocycles. The number of anilines is 1. The summed E-state index contributed by atoms with van der Waals surface area (Å²) in [4.78, 5) is 26.1. The number of aryl methyl sites for hydroxylation is 1. The van der Waals surface area contributed by atoms with Crippen LogP contribution in [0, 0.1) is 5.82 Å². The molecule has 0 radical (unpaired) electrons. The topological polar surface area (TPSA) is 107 Å². The normalized spacial score (nSPS) is 20.8. The highest BCUT2D eigenvalue weighted by atomic mass is 19.1. The molecule has 1 aliphatic carbocycles. The van der Waals surface area contributed by atoms with Crippen LogP contribution in [0.3, 0.4) is 0 Å². The molecular formula is C22H26FN5O2. The minimum Gasteiger partial charge on any atom is -0.383 e. The molecule has 2 aromatic rings. The van der Waals surface area contributed by atoms with Crippen molar-refractivity contribution in [2.24, 2.45) is 5.73 Å². The number of carbonyl (C=O) groups excluding carboxylic acids is 2. The summed E-state index contributed by atoms with van der Waals surface area (Å²) in [5, 5.41) is 4.68. The fourth-order valence-corrected chi connectivity index (χ4v) is 4.76. The van der Waals surface area contributed by atoms with E-state index in [-0.39, 0.29) is 35.1 Å². The number of nitrogens with zero attached hydrogens (tertiary/aromatic N) is 3. The minimum atomic E-state index is -0.607. The number of rotatable bonds is 5. The molecule has 0 unspecified atom stereocenters. The van der Waals surface area contributed by atoms with Crippen molar-refractivity contribution in [1.82, 2.24) is 14.7 Å². The number of amides is 2. The minimum absolute atomic E-state index is 0.0245. The average Bonchev–Trinajstić information content (AvgIpc) is 3.32. The third kappa shape index (κ3) is 3.58. The molecule has 2 amide bonds. The molecule has 7 nitrogen and oxygen atoms in total. The molecule has 0 bridgehead atoms. The summed E-state index contributed by atoms with van der Waals surface area (Å²) in [6.07, 6.45) is 5.13. The van der Waals surface area contributed by atoms with Gasteiger partial charge >= 0.3 is 0 Å². The van der Waals surface area contributed by atoms with Crippen molar-refractivity contribution in [2.75, 3.05) is 12.3 Å². The van der Waals surface area contributed by atoms with E-state index in [0.29, 0.717) is 31.6 Å². The van der Waals surface area contributed by atoms with Crippen LogP contribution in [0.15, 0.2) is 30.9 Å². The maximum absolute atomic E-state index is 13.5. The van der Waals surface area contributed by atoms with Gasteiger partial charge in [0.2, 0.25) is 5.91 Å². The van der Waals surface area contributed by atoms with Gasteiger partial charge in [-0.2, -0.15) is 5.10 Å². The van der Waals surface area contributed by atoms with Crippen molar-refractivity contribution in [3.05, 3.63) is 59.1 Å². The van der Waals surface area contributed by atoms with Crippen LogP contribution in [0.2, 0.25) is 0 Å². The van der Waals surface area contributed by atoms with E-state index >= 15 is 0 Å². The highest BCUT2D eigenvalue weighted by molar-refractivity contribution is 5.98. The fourth-order valence-electron chi connectivity index (χ4n) is 4.76. The van der Waals surface area contributed by atoms with Crippen LogP contribution in [-0.2, 0) is 24.2 Å². The first-order chi connectivity index (χ1) is 14.4. The highest BCUT2D eigenvalue weighted by Gasteiger charge is 2.32. The maximum Gasteiger partial charge on any atom is 0.254 e. The Morgan fingerprint density at radius 2 is 2.10 bits per heavy atom. The van der Waals surface area contributed by atoms with Crippen LogP contribution in [0.1, 0.15) is 52.4 Å². The van der Waals surface area contributed by atoms with Gasteiger partial charge in [-0.25, -0.2) is 9.07 Å². The Hall–Kier alpha value is -3.16. The summed E-state index contributed by atoms with van der Waals surface area (Å²) < 4.78 is 15.1. The second-order valence-corrected chi connectivity index (χ2v) is 8.08. The molecule has 0 spiro atoms. The van der Waals surface area contributed by atoms with E-state index < -0.39 is 5.91 Å². The second kappa shape index (κ2) is 7.93. The molecule has 0 saturated carbocycles. The van der Waals surface area contributed by atoms with E-state index in [0.717, 1.165) is 30.4 Å². The van der Waals surface area contributed by atoms with E-state index in [1.165, 1.54) is 12.1 Å². The summed E-state index contributed by atoms with van der Waals surface area (Å²) in [7, 11) is 0. The number of likely N-dealkylation sites (tertiary alicyclic amines) is 1. The third-order valence-electron chi connectivity index (χ3n) is 6.27. The quantitative estimate of drug-likeness (QED) is 0.735. The lowest BCUT2D eigenvalue weighted by molar-refractivity contribution is -0.127. The molecule has 1 aromatic heterocycles. The van der Waals surface area contributed by atoms with Crippen LogP contribution < -0.4 is 11.5 Å². The predicted molar refractivity (Wildman–Crippen MR) is 111 cm³/mol. The number of aromatic nitrogens is 2. The van der Waals surface area contributed by atoms with Gasteiger partial charge in [0.1, 0.15) is 17.2 Å². The van der Waals surface area contributed by atoms with Crippen LogP contribution in [0.4, 0.5) is 10.2 Å². The first kappa shape index (κ1) is 20.1. The molecule has 2 heterocycles. The largest absolute Gasteiger partial charge is 0.383 e. The molecule has 158 valence electrons. The zero-order valence-electron chi connectivity index (χ0n) is 16.8. The van der Waals surface area contributed by atoms with Crippen molar-refractivity contribution < 1.29 is 14.0 Å². The number of hydrogen-bond acceptors (Lipinski definition) is 4. The first-order valence-corrected chi connectivity index (χ1v) is 10.2. The summed E-state index contributed by atoms with van der Waals surface area (Å²) in [6, 6.07) is 4.76. The molecule has 2 aliphatic rings. The van der Waals surface area contributed by atoms with Gasteiger partial charge in [0, 0.05) is 12.5 Å². The van der Waals surface area contributed by atoms with E-state index in [4.69, 9.17) is 11.5 Å². The highest BCUT2D eigenvalue weighted by Crippen LogP contribution is 2.36. The Balaban J connectivity index is 1.63. The van der Waals surface area contributed by atoms with Crippen molar-refractivity contribution in [3.63, 3.8) is 0 Å². The summed E-state index contributed by atoms with van der Waals surface area (Å²) in [5.41, 5.74) is 14.8. The lowest BCUT2D eigenvalue weighted by Crippen LogP contribution is -2.37. The van der Waals surface area contributed by atoms with Gasteiger partial charge in [-0.05, 0) is 61.4 Å². The summed E-state index contributed by atoms with van der Waals surface area (Å²) in [6.45, 7) is 4.64. The van der Waals surface area contributed by atoms with Crippen molar-refractivity contribution >= 4 is 17.6 Å². The lowest BCUT2D eigenvalue weighted by Gasteiger charge is -2.24. The Bertz CT molecular complexity index is 1020. The van der Waals surface area contributed by atoms with E-state index in [1.54, 1.807) is 21.7 Å². The molecule has 2 atom stereocenters. The Morgan fingerprint density at radius 1 is 1.30 bits per heavy atom. The number of carbonyl (C=O) groups is 2. The molecular weight excluding hydrogens is 385 g/mol. The van der Waals surface area contributed by atoms with Crippen LogP contribution in [-0.4, -0.2) is 39.1 Å². The van der Waals surface area contributed by atoms with Gasteiger partial charge in [0.05, 0.1) is 18.3 Å². The molecule has 30 heavy (non-hydrogen) atoms. The Kier molecular flexibility index (Phi) is 5.32. The van der Waals surface area contributed by atoms with Crippen LogP contribution in [0.25, 0.3) is 0 Å². The number of hydrogen-bond donors (Lipinski definition) is 2. The monoisotopic (exact) mass is 411 g/mol. The van der Waals surface area contributed by atoms with Crippen LogP contribution in [0.5, 0.6) is 0 Å². The van der Waals surface area contributed by atoms with E-state index in [9.17, 15) is 14.0 Å². The van der Waals surface area contributed by atoms with Crippen molar-refractivity contribution in [2.45, 2.75) is 50.6 Å². The molecule has 8 heteroatoms. The van der Waals surface area contributed by atoms with E-state index in [2.05, 4.69) is 11.7 Å². The Morgan fingerprint density at radius 3 is 2.83 bits per heavy atom. The zero-order chi connectivity index (χ0) is 21.4. The fraction of sp³-hybridized carbons (Fsp3) is 0.409. The average molecular weight is 411 g/mol. The van der Waals surface area contributed by atoms with Gasteiger partial charge in [0.15, 0.2) is 0 Å². The second-order valence-electron chi connectivity index (χ2n) is 8.08. The number of nitrogen functional groups attached to an aromatic ring is 1.